The summed E-state index contributed by atoms with van der Waals surface area (Å²) in [6, 6.07) is 0.227. The summed E-state index contributed by atoms with van der Waals surface area (Å²) in [6.45, 7) is 11.5. The van der Waals surface area contributed by atoms with E-state index in [1.165, 1.54) is 0 Å². The predicted octanol–water partition coefficient (Wildman–Crippen LogP) is 1.68. The largest absolute Gasteiger partial charge is 0.381 e. The maximum absolute atomic E-state index is 11.8. The SMILES string of the molecule is CCNC(=NCCCOCC1CCOCC1)NCCC(=O)NC(C)CC. The molecule has 0 saturated carbocycles. The van der Waals surface area contributed by atoms with Crippen LogP contribution in [0.1, 0.15) is 52.9 Å². The number of carbonyl (C=O) groups is 1. The lowest BCUT2D eigenvalue weighted by Crippen LogP contribution is -2.40. The van der Waals surface area contributed by atoms with E-state index in [-0.39, 0.29) is 11.9 Å². The van der Waals surface area contributed by atoms with Gasteiger partial charge in [-0.25, -0.2) is 0 Å². The average Bonchev–Trinajstić information content (AvgIpc) is 2.65. The maximum atomic E-state index is 11.8. The molecule has 1 aliphatic heterocycles. The number of hydrogen-bond acceptors (Lipinski definition) is 4. The molecule has 0 aromatic heterocycles. The third-order valence-electron chi connectivity index (χ3n) is 4.42. The molecule has 1 heterocycles. The second-order valence-corrected chi connectivity index (χ2v) is 6.80. The van der Waals surface area contributed by atoms with E-state index in [2.05, 4.69) is 27.9 Å². The molecule has 1 fully saturated rings. The minimum absolute atomic E-state index is 0.0733. The Labute approximate surface area is 158 Å². The zero-order chi connectivity index (χ0) is 19.0. The van der Waals surface area contributed by atoms with Gasteiger partial charge in [0.25, 0.3) is 0 Å². The van der Waals surface area contributed by atoms with Crippen molar-refractivity contribution >= 4 is 11.9 Å². The minimum atomic E-state index is 0.0733. The van der Waals surface area contributed by atoms with Crippen molar-refractivity contribution in [2.24, 2.45) is 10.9 Å². The molecule has 1 aliphatic rings. The lowest BCUT2D eigenvalue weighted by atomic mass is 10.0. The van der Waals surface area contributed by atoms with Crippen LogP contribution in [0.3, 0.4) is 0 Å². The molecule has 3 N–H and O–H groups in total. The summed E-state index contributed by atoms with van der Waals surface area (Å²) < 4.78 is 11.1. The number of ether oxygens (including phenoxy) is 2. The molecule has 0 radical (unpaired) electrons. The first-order valence-corrected chi connectivity index (χ1v) is 10.1. The van der Waals surface area contributed by atoms with E-state index in [0.29, 0.717) is 25.4 Å². The van der Waals surface area contributed by atoms with Crippen molar-refractivity contribution in [1.82, 2.24) is 16.0 Å². The summed E-state index contributed by atoms with van der Waals surface area (Å²) in [4.78, 5) is 16.3. The summed E-state index contributed by atoms with van der Waals surface area (Å²) in [6.07, 6.45) is 4.51. The molecular formula is C19H38N4O3. The molecule has 0 aromatic carbocycles. The predicted molar refractivity (Wildman–Crippen MR) is 105 cm³/mol. The van der Waals surface area contributed by atoms with Gasteiger partial charge in [0.05, 0.1) is 0 Å². The van der Waals surface area contributed by atoms with Gasteiger partial charge in [0.2, 0.25) is 5.91 Å². The zero-order valence-corrected chi connectivity index (χ0v) is 16.8. The summed E-state index contributed by atoms with van der Waals surface area (Å²) in [5.74, 6) is 1.48. The van der Waals surface area contributed by atoms with Gasteiger partial charge in [-0.15, -0.1) is 0 Å². The zero-order valence-electron chi connectivity index (χ0n) is 16.8. The van der Waals surface area contributed by atoms with Crippen LogP contribution >= 0.6 is 0 Å². The van der Waals surface area contributed by atoms with Gasteiger partial charge in [-0.2, -0.15) is 0 Å². The molecule has 1 saturated heterocycles. The number of guanidine groups is 1. The fraction of sp³-hybridized carbons (Fsp3) is 0.895. The van der Waals surface area contributed by atoms with Crippen LogP contribution in [0.4, 0.5) is 0 Å². The van der Waals surface area contributed by atoms with Crippen LogP contribution in [0.25, 0.3) is 0 Å². The molecule has 0 bridgehead atoms. The van der Waals surface area contributed by atoms with Gasteiger partial charge in [-0.1, -0.05) is 6.92 Å². The highest BCUT2D eigenvalue weighted by Gasteiger charge is 2.13. The molecule has 0 spiro atoms. The molecule has 1 amide bonds. The summed E-state index contributed by atoms with van der Waals surface area (Å²) in [5.41, 5.74) is 0. The number of hydrogen-bond donors (Lipinski definition) is 3. The third kappa shape index (κ3) is 11.3. The standard InChI is InChI=1S/C19H38N4O3/c1-4-16(3)23-18(24)7-11-22-19(20-5-2)21-10-6-12-26-15-17-8-13-25-14-9-17/h16-17H,4-15H2,1-3H3,(H,23,24)(H2,20,21,22). The highest BCUT2D eigenvalue weighted by molar-refractivity contribution is 5.81. The van der Waals surface area contributed by atoms with E-state index >= 15 is 0 Å². The lowest BCUT2D eigenvalue weighted by Gasteiger charge is -2.21. The molecule has 26 heavy (non-hydrogen) atoms. The molecule has 152 valence electrons. The van der Waals surface area contributed by atoms with E-state index in [1.807, 2.05) is 13.8 Å². The first kappa shape index (κ1) is 22.7. The Morgan fingerprint density at radius 1 is 1.27 bits per heavy atom. The molecule has 0 aliphatic carbocycles. The lowest BCUT2D eigenvalue weighted by molar-refractivity contribution is -0.121. The van der Waals surface area contributed by atoms with Crippen molar-refractivity contribution in [3.05, 3.63) is 0 Å². The first-order chi connectivity index (χ1) is 12.7. The van der Waals surface area contributed by atoms with Gasteiger partial charge < -0.3 is 25.4 Å². The van der Waals surface area contributed by atoms with Gasteiger partial charge in [0, 0.05) is 58.5 Å². The van der Waals surface area contributed by atoms with Crippen LogP contribution in [0.15, 0.2) is 4.99 Å². The number of amides is 1. The highest BCUT2D eigenvalue weighted by Crippen LogP contribution is 2.14. The minimum Gasteiger partial charge on any atom is -0.381 e. The third-order valence-corrected chi connectivity index (χ3v) is 4.42. The number of carbonyl (C=O) groups excluding carboxylic acids is 1. The Morgan fingerprint density at radius 2 is 2.04 bits per heavy atom. The van der Waals surface area contributed by atoms with Crippen molar-refractivity contribution in [3.8, 4) is 0 Å². The van der Waals surface area contributed by atoms with Crippen molar-refractivity contribution in [2.45, 2.75) is 58.9 Å². The Hall–Kier alpha value is -1.34. The quantitative estimate of drug-likeness (QED) is 0.277. The van der Waals surface area contributed by atoms with Crippen molar-refractivity contribution in [1.29, 1.82) is 0 Å². The Kier molecular flexibility index (Phi) is 12.9. The number of nitrogens with one attached hydrogen (secondary N) is 3. The molecule has 7 nitrogen and oxygen atoms in total. The summed E-state index contributed by atoms with van der Waals surface area (Å²) >= 11 is 0. The van der Waals surface area contributed by atoms with Crippen molar-refractivity contribution in [3.63, 3.8) is 0 Å². The fourth-order valence-corrected chi connectivity index (χ4v) is 2.61. The van der Waals surface area contributed by atoms with E-state index in [1.54, 1.807) is 0 Å². The molecular weight excluding hydrogens is 332 g/mol. The smallest absolute Gasteiger partial charge is 0.221 e. The van der Waals surface area contributed by atoms with Gasteiger partial charge in [-0.3, -0.25) is 9.79 Å². The van der Waals surface area contributed by atoms with Crippen LogP contribution in [0.5, 0.6) is 0 Å². The van der Waals surface area contributed by atoms with E-state index < -0.39 is 0 Å². The summed E-state index contributed by atoms with van der Waals surface area (Å²) in [7, 11) is 0. The number of aliphatic imine (C=N–C) groups is 1. The molecule has 1 atom stereocenters. The first-order valence-electron chi connectivity index (χ1n) is 10.1. The molecule has 1 rings (SSSR count). The van der Waals surface area contributed by atoms with Crippen LogP contribution in [0, 0.1) is 5.92 Å². The van der Waals surface area contributed by atoms with Gasteiger partial charge in [-0.05, 0) is 45.4 Å². The van der Waals surface area contributed by atoms with Crippen LogP contribution < -0.4 is 16.0 Å². The monoisotopic (exact) mass is 370 g/mol. The Morgan fingerprint density at radius 3 is 2.73 bits per heavy atom. The van der Waals surface area contributed by atoms with Crippen molar-refractivity contribution < 1.29 is 14.3 Å². The van der Waals surface area contributed by atoms with E-state index in [9.17, 15) is 4.79 Å². The molecule has 0 aromatic rings. The Balaban J connectivity index is 2.12. The second kappa shape index (κ2) is 14.8. The van der Waals surface area contributed by atoms with Gasteiger partial charge in [0.1, 0.15) is 0 Å². The van der Waals surface area contributed by atoms with E-state index in [4.69, 9.17) is 9.47 Å². The normalized spacial score (nSPS) is 17.0. The fourth-order valence-electron chi connectivity index (χ4n) is 2.61. The Bertz CT molecular complexity index is 398. The highest BCUT2D eigenvalue weighted by atomic mass is 16.5. The number of nitrogens with zero attached hydrogens (tertiary/aromatic N) is 1. The number of rotatable bonds is 12. The average molecular weight is 371 g/mol. The van der Waals surface area contributed by atoms with Crippen LogP contribution in [-0.2, 0) is 14.3 Å². The van der Waals surface area contributed by atoms with E-state index in [0.717, 1.165) is 64.6 Å². The van der Waals surface area contributed by atoms with Gasteiger partial charge in [0.15, 0.2) is 5.96 Å². The summed E-state index contributed by atoms with van der Waals surface area (Å²) in [5, 5.41) is 9.38. The molecule has 7 heteroatoms. The van der Waals surface area contributed by atoms with Crippen molar-refractivity contribution in [2.75, 3.05) is 46.1 Å². The van der Waals surface area contributed by atoms with Gasteiger partial charge >= 0.3 is 0 Å². The van der Waals surface area contributed by atoms with Crippen LogP contribution in [-0.4, -0.2) is 64.0 Å². The second-order valence-electron chi connectivity index (χ2n) is 6.80. The van der Waals surface area contributed by atoms with Crippen LogP contribution in [0.2, 0.25) is 0 Å². The maximum Gasteiger partial charge on any atom is 0.221 e. The topological polar surface area (TPSA) is 84.0 Å². The molecule has 1 unspecified atom stereocenters.